The fraction of sp³-hybridized carbons (Fsp3) is 1.00. The molecule has 1 heterocycles. The van der Waals surface area contributed by atoms with Crippen LogP contribution in [0.15, 0.2) is 0 Å². The maximum absolute atomic E-state index is 13.0. The first-order valence-electron chi connectivity index (χ1n) is 16.4. The van der Waals surface area contributed by atoms with Gasteiger partial charge >= 0.3 is 118 Å². The molecule has 4 aliphatic carbocycles. The van der Waals surface area contributed by atoms with E-state index in [-0.39, 0.29) is 161 Å². The van der Waals surface area contributed by atoms with Gasteiger partial charge in [-0.05, 0) is 84.4 Å². The van der Waals surface area contributed by atoms with E-state index in [0.717, 1.165) is 7.11 Å². The van der Waals surface area contributed by atoms with Crippen molar-refractivity contribution in [2.75, 3.05) is 7.11 Å². The van der Waals surface area contributed by atoms with Crippen molar-refractivity contribution in [2.45, 2.75) is 116 Å². The number of phosphoric acid groups is 2. The smallest absolute Gasteiger partial charge is 0.790 e. The van der Waals surface area contributed by atoms with Crippen molar-refractivity contribution < 1.29 is 188 Å². The number of ether oxygens (including phenoxy) is 1. The molecule has 1 aliphatic heterocycles. The molecule has 0 radical (unpaired) electrons. The van der Waals surface area contributed by atoms with Crippen LogP contribution in [0.3, 0.4) is 0 Å². The summed E-state index contributed by atoms with van der Waals surface area (Å²) in [6.07, 6.45) is -7.35. The van der Waals surface area contributed by atoms with Crippen molar-refractivity contribution in [1.29, 1.82) is 0 Å². The van der Waals surface area contributed by atoms with E-state index in [1.807, 2.05) is 6.92 Å². The topological polar surface area (TPSA) is 247 Å². The van der Waals surface area contributed by atoms with E-state index in [9.17, 15) is 47.0 Å². The Labute approximate surface area is 390 Å². The molecular formula is C29H48Na4O15P2S. The van der Waals surface area contributed by atoms with E-state index in [4.69, 9.17) is 18.3 Å². The fourth-order valence-corrected chi connectivity index (χ4v) is 12.6. The first kappa shape index (κ1) is 53.0. The Morgan fingerprint density at radius 2 is 1.43 bits per heavy atom. The molecule has 274 valence electrons. The van der Waals surface area contributed by atoms with Gasteiger partial charge in [0.05, 0.1) is 44.4 Å². The maximum Gasteiger partial charge on any atom is 1.00 e. The zero-order chi connectivity index (χ0) is 35.2. The van der Waals surface area contributed by atoms with Crippen LogP contribution in [0.25, 0.3) is 0 Å². The Morgan fingerprint density at radius 3 is 1.94 bits per heavy atom. The summed E-state index contributed by atoms with van der Waals surface area (Å²) in [6.45, 7) is 12.1. The summed E-state index contributed by atoms with van der Waals surface area (Å²) in [7, 11) is -15.0. The first-order valence-corrected chi connectivity index (χ1v) is 20.6. The maximum atomic E-state index is 13.0. The van der Waals surface area contributed by atoms with Crippen LogP contribution in [0.5, 0.6) is 0 Å². The van der Waals surface area contributed by atoms with Crippen LogP contribution in [0.2, 0.25) is 0 Å². The summed E-state index contributed by atoms with van der Waals surface area (Å²) in [5, 5.41) is 23.3. The summed E-state index contributed by atoms with van der Waals surface area (Å²) in [4.78, 5) is 37.5. The molecule has 15 nitrogen and oxygen atoms in total. The standard InChI is InChI=1S/C29H52O15P2S.4Na/c1-13(2)15(4)18-12-14(3)20-26(41-18)27(43-46(35,36)40-7)21-19-16(8-10-29(20,21)6)28(5)11-9-17(44-47(37,38)39)23(30)22(28)24(31)25(19)42-45(32,33)34;;;;/h13-27,30-31H,8-12H2,1-7H3,(H,35,36)(H2,32,33,34)(H,37,38,39);;;;/q;4*+1/p-4/t14-,15-,16+,17-,18-,19-,20+,21-,22-,23+,24+,25-,26+,27+,28-,29-;;;;/m1..../s1. The number of rotatable bonds is 9. The quantitative estimate of drug-likeness (QED) is 0.0949. The van der Waals surface area contributed by atoms with Gasteiger partial charge in [0.1, 0.15) is 6.10 Å². The summed E-state index contributed by atoms with van der Waals surface area (Å²) in [5.41, 5.74) is -1.74. The van der Waals surface area contributed by atoms with E-state index in [1.54, 1.807) is 6.92 Å². The minimum absolute atomic E-state index is 0. The Balaban J connectivity index is 0.00000325. The molecule has 1 saturated heterocycles. The van der Waals surface area contributed by atoms with Crippen LogP contribution in [-0.4, -0.2) is 73.0 Å². The second-order valence-electron chi connectivity index (χ2n) is 15.5. The first-order chi connectivity index (χ1) is 21.5. The van der Waals surface area contributed by atoms with Crippen LogP contribution >= 0.6 is 15.6 Å². The number of fused-ring (bicyclic) bond motifs is 7. The van der Waals surface area contributed by atoms with Crippen molar-refractivity contribution in [2.24, 2.45) is 58.2 Å². The van der Waals surface area contributed by atoms with Gasteiger partial charge in [0.2, 0.25) is 10.4 Å². The SMILES string of the molecule is COP(=O)([O-])O[C@@H]1[C@H]2O[C@@H]([C@H](C)C(C)C)C[C@@H](C)[C@@H]2[C@@]2(C)CC[C@H]3[C@@H]([C@@H](OP(=O)([O-])[O-])[C@@H](O)[C@H]4[C@@H](O)[C@H](OS(=O)(=O)[O-])CC[C@@]43C)[C@H]12.[Na+].[Na+].[Na+].[Na+]. The van der Waals surface area contributed by atoms with Gasteiger partial charge < -0.3 is 52.3 Å². The molecule has 0 aromatic heterocycles. The molecule has 1 unspecified atom stereocenters. The van der Waals surface area contributed by atoms with Crippen LogP contribution in [0, 0.1) is 58.2 Å². The number of hydrogen-bond donors (Lipinski definition) is 2. The zero-order valence-corrected chi connectivity index (χ0v) is 42.3. The summed E-state index contributed by atoms with van der Waals surface area (Å²) in [6, 6.07) is 0. The second-order valence-corrected chi connectivity index (χ2v) is 19.1. The van der Waals surface area contributed by atoms with Crippen molar-refractivity contribution >= 4 is 26.0 Å². The molecule has 0 amide bonds. The Bertz CT molecular complexity index is 1390. The number of aliphatic hydroxyl groups excluding tert-OH is 2. The molecule has 17 atom stereocenters. The molecule has 5 fully saturated rings. The van der Waals surface area contributed by atoms with E-state index in [1.165, 1.54) is 0 Å². The van der Waals surface area contributed by atoms with Gasteiger partial charge in [-0.1, -0.05) is 41.5 Å². The Hall–Kier alpha value is 3.97. The van der Waals surface area contributed by atoms with Crippen molar-refractivity contribution in [1.82, 2.24) is 0 Å². The summed E-state index contributed by atoms with van der Waals surface area (Å²) < 4.78 is 86.7. The summed E-state index contributed by atoms with van der Waals surface area (Å²) in [5.74, 6) is -3.48. The molecule has 2 N–H and O–H groups in total. The van der Waals surface area contributed by atoms with E-state index in [0.29, 0.717) is 19.3 Å². The molecule has 0 bridgehead atoms. The van der Waals surface area contributed by atoms with Crippen LogP contribution in [0.4, 0.5) is 0 Å². The molecule has 4 saturated carbocycles. The Morgan fingerprint density at radius 1 is 0.863 bits per heavy atom. The fourth-order valence-electron chi connectivity index (χ4n) is 10.9. The Kier molecular flexibility index (Phi) is 19.9. The normalized spacial score (nSPS) is 45.1. The number of phosphoric ester groups is 2. The zero-order valence-electron chi connectivity index (χ0n) is 31.7. The monoisotopic (exact) mass is 822 g/mol. The number of hydrogen-bond acceptors (Lipinski definition) is 15. The predicted molar refractivity (Wildman–Crippen MR) is 157 cm³/mol. The molecule has 0 spiro atoms. The van der Waals surface area contributed by atoms with Gasteiger partial charge in [-0.25, -0.2) is 8.42 Å². The van der Waals surface area contributed by atoms with Gasteiger partial charge in [-0.3, -0.25) is 8.75 Å². The van der Waals surface area contributed by atoms with Crippen molar-refractivity contribution in [3.8, 4) is 0 Å². The molecule has 51 heavy (non-hydrogen) atoms. The molecule has 5 aliphatic rings. The molecular weight excluding hydrogens is 774 g/mol. The van der Waals surface area contributed by atoms with Gasteiger partial charge in [0.15, 0.2) is 0 Å². The minimum atomic E-state index is -5.81. The van der Waals surface area contributed by atoms with E-state index in [2.05, 4.69) is 31.9 Å². The third kappa shape index (κ3) is 10.5. The van der Waals surface area contributed by atoms with E-state index >= 15 is 0 Å². The van der Waals surface area contributed by atoms with Crippen LogP contribution < -0.4 is 133 Å². The average Bonchev–Trinajstić information content (AvgIpc) is 3.18. The second kappa shape index (κ2) is 19.1. The van der Waals surface area contributed by atoms with Crippen LogP contribution in [-0.2, 0) is 42.0 Å². The van der Waals surface area contributed by atoms with Gasteiger partial charge in [0.25, 0.3) is 7.82 Å². The van der Waals surface area contributed by atoms with Crippen molar-refractivity contribution in [3.63, 3.8) is 0 Å². The van der Waals surface area contributed by atoms with Gasteiger partial charge in [-0.15, -0.1) is 0 Å². The van der Waals surface area contributed by atoms with Gasteiger partial charge in [0, 0.05) is 13.0 Å². The third-order valence-electron chi connectivity index (χ3n) is 13.0. The van der Waals surface area contributed by atoms with Crippen molar-refractivity contribution in [3.05, 3.63) is 0 Å². The molecule has 5 rings (SSSR count). The van der Waals surface area contributed by atoms with E-state index < -0.39 is 97.2 Å². The largest absolute Gasteiger partial charge is 1.00 e. The predicted octanol–water partition coefficient (Wildman–Crippen LogP) is -10.9. The van der Waals surface area contributed by atoms with Gasteiger partial charge in [-0.2, -0.15) is 0 Å². The third-order valence-corrected chi connectivity index (χ3v) is 14.9. The molecule has 22 heteroatoms. The number of aliphatic hydroxyl groups is 2. The summed E-state index contributed by atoms with van der Waals surface area (Å²) >= 11 is 0. The molecule has 0 aromatic rings. The minimum Gasteiger partial charge on any atom is -0.790 e. The molecule has 0 aromatic carbocycles. The van der Waals surface area contributed by atoms with Crippen LogP contribution in [0.1, 0.15) is 73.6 Å². The average molecular weight is 823 g/mol.